The number of nitrogens with zero attached hydrogens (tertiary/aromatic N) is 2. The molecule has 2 aliphatic rings. The third-order valence-electron chi connectivity index (χ3n) is 5.00. The van der Waals surface area contributed by atoms with E-state index in [1.54, 1.807) is 54.6 Å². The fraction of sp³-hybridized carbons (Fsp3) is 0.238. The Balaban J connectivity index is 1.69. The number of rotatable bonds is 5. The fourth-order valence-electron chi connectivity index (χ4n) is 3.86. The van der Waals surface area contributed by atoms with Crippen LogP contribution in [-0.4, -0.2) is 41.4 Å². The molecule has 30 heavy (non-hydrogen) atoms. The number of primary amides is 1. The largest absolute Gasteiger partial charge is 0.427 e. The van der Waals surface area contributed by atoms with E-state index in [0.717, 1.165) is 4.90 Å². The molecule has 0 radical (unpaired) electrons. The standard InChI is InChI=1S/C21H19N3O6/c1-12(25)29-15-9-7-13(8-10-15)18-17-19(30-23(18)11-16(22)26)21(28)24(20(17)27)14-5-3-2-4-6-14/h2-10,17-19H,11H2,1H3,(H2,22,26). The van der Waals surface area contributed by atoms with Gasteiger partial charge < -0.3 is 10.5 Å². The highest BCUT2D eigenvalue weighted by Gasteiger charge is 2.60. The molecule has 3 unspecified atom stereocenters. The molecule has 2 fully saturated rings. The van der Waals surface area contributed by atoms with Crippen molar-refractivity contribution in [3.8, 4) is 5.75 Å². The van der Waals surface area contributed by atoms with Gasteiger partial charge in [-0.3, -0.25) is 24.0 Å². The molecule has 9 nitrogen and oxygen atoms in total. The summed E-state index contributed by atoms with van der Waals surface area (Å²) in [6.07, 6.45) is -1.06. The normalized spacial score (nSPS) is 23.5. The third kappa shape index (κ3) is 3.44. The number of ether oxygens (including phenoxy) is 1. The number of nitrogens with two attached hydrogens (primary N) is 1. The number of benzene rings is 2. The summed E-state index contributed by atoms with van der Waals surface area (Å²) in [5.74, 6) is -2.55. The maximum Gasteiger partial charge on any atom is 0.308 e. The zero-order valence-corrected chi connectivity index (χ0v) is 16.1. The summed E-state index contributed by atoms with van der Waals surface area (Å²) < 4.78 is 5.04. The van der Waals surface area contributed by atoms with E-state index in [1.165, 1.54) is 12.0 Å². The smallest absolute Gasteiger partial charge is 0.308 e. The van der Waals surface area contributed by atoms with Crippen LogP contribution in [0.4, 0.5) is 5.69 Å². The van der Waals surface area contributed by atoms with Crippen molar-refractivity contribution in [1.82, 2.24) is 5.06 Å². The van der Waals surface area contributed by atoms with Crippen LogP contribution in [0.15, 0.2) is 54.6 Å². The van der Waals surface area contributed by atoms with Gasteiger partial charge in [0.1, 0.15) is 12.3 Å². The fourth-order valence-corrected chi connectivity index (χ4v) is 3.86. The van der Waals surface area contributed by atoms with Crippen LogP contribution in [0.25, 0.3) is 0 Å². The molecule has 2 aromatic rings. The first-order valence-electron chi connectivity index (χ1n) is 9.30. The number of esters is 1. The molecule has 0 saturated carbocycles. The summed E-state index contributed by atoms with van der Waals surface area (Å²) in [4.78, 5) is 55.7. The van der Waals surface area contributed by atoms with E-state index in [2.05, 4.69) is 0 Å². The summed E-state index contributed by atoms with van der Waals surface area (Å²) in [6.45, 7) is 1.01. The second-order valence-electron chi connectivity index (χ2n) is 7.05. The average molecular weight is 409 g/mol. The van der Waals surface area contributed by atoms with Crippen LogP contribution in [0.5, 0.6) is 5.75 Å². The Kier molecular flexibility index (Phi) is 5.06. The topological polar surface area (TPSA) is 119 Å². The van der Waals surface area contributed by atoms with Crippen molar-refractivity contribution < 1.29 is 28.8 Å². The molecule has 3 atom stereocenters. The van der Waals surface area contributed by atoms with Gasteiger partial charge in [-0.05, 0) is 29.8 Å². The van der Waals surface area contributed by atoms with Crippen LogP contribution in [0.2, 0.25) is 0 Å². The summed E-state index contributed by atoms with van der Waals surface area (Å²) in [6, 6.07) is 14.3. The number of carbonyl (C=O) groups is 4. The number of hydrogen-bond donors (Lipinski definition) is 1. The van der Waals surface area contributed by atoms with Crippen LogP contribution < -0.4 is 15.4 Å². The van der Waals surface area contributed by atoms with Gasteiger partial charge in [-0.15, -0.1) is 0 Å². The highest BCUT2D eigenvalue weighted by atomic mass is 16.7. The molecule has 2 saturated heterocycles. The molecular formula is C21H19N3O6. The van der Waals surface area contributed by atoms with Gasteiger partial charge in [0.2, 0.25) is 11.8 Å². The molecule has 2 aromatic carbocycles. The Hall–Kier alpha value is -3.56. The van der Waals surface area contributed by atoms with Crippen LogP contribution in [0, 0.1) is 5.92 Å². The lowest BCUT2D eigenvalue weighted by molar-refractivity contribution is -0.175. The van der Waals surface area contributed by atoms with E-state index < -0.39 is 41.8 Å². The number of fused-ring (bicyclic) bond motifs is 1. The summed E-state index contributed by atoms with van der Waals surface area (Å²) in [5.41, 5.74) is 6.41. The van der Waals surface area contributed by atoms with E-state index >= 15 is 0 Å². The molecular weight excluding hydrogens is 390 g/mol. The Labute approximate surface area is 171 Å². The molecule has 2 heterocycles. The van der Waals surface area contributed by atoms with Gasteiger partial charge in [-0.25, -0.2) is 4.90 Å². The molecule has 2 aliphatic heterocycles. The van der Waals surface area contributed by atoms with Gasteiger partial charge in [0, 0.05) is 6.92 Å². The lowest BCUT2D eigenvalue weighted by atomic mass is 9.91. The maximum absolute atomic E-state index is 13.2. The van der Waals surface area contributed by atoms with Gasteiger partial charge in [0.05, 0.1) is 17.6 Å². The van der Waals surface area contributed by atoms with Gasteiger partial charge >= 0.3 is 5.97 Å². The van der Waals surface area contributed by atoms with E-state index in [4.69, 9.17) is 15.3 Å². The van der Waals surface area contributed by atoms with Crippen molar-refractivity contribution in [2.45, 2.75) is 19.1 Å². The molecule has 154 valence electrons. The number of hydrogen-bond acceptors (Lipinski definition) is 7. The first-order valence-corrected chi connectivity index (χ1v) is 9.30. The minimum absolute atomic E-state index is 0.282. The molecule has 2 N–H and O–H groups in total. The Morgan fingerprint density at radius 3 is 2.30 bits per heavy atom. The van der Waals surface area contributed by atoms with E-state index in [-0.39, 0.29) is 6.54 Å². The van der Waals surface area contributed by atoms with Gasteiger partial charge in [-0.1, -0.05) is 30.3 Å². The van der Waals surface area contributed by atoms with Gasteiger partial charge in [-0.2, -0.15) is 5.06 Å². The second-order valence-corrected chi connectivity index (χ2v) is 7.05. The quantitative estimate of drug-likeness (QED) is 0.443. The molecule has 9 heteroatoms. The lowest BCUT2D eigenvalue weighted by Crippen LogP contribution is -2.40. The van der Waals surface area contributed by atoms with Crippen molar-refractivity contribution in [2.24, 2.45) is 11.7 Å². The van der Waals surface area contributed by atoms with Crippen molar-refractivity contribution in [2.75, 3.05) is 11.4 Å². The predicted molar refractivity (Wildman–Crippen MR) is 104 cm³/mol. The average Bonchev–Trinajstić information content (AvgIpc) is 3.17. The molecule has 3 amide bonds. The van der Waals surface area contributed by atoms with Crippen molar-refractivity contribution in [3.63, 3.8) is 0 Å². The van der Waals surface area contributed by atoms with Gasteiger partial charge in [0.15, 0.2) is 6.10 Å². The lowest BCUT2D eigenvalue weighted by Gasteiger charge is -2.26. The molecule has 0 bridgehead atoms. The highest BCUT2D eigenvalue weighted by Crippen LogP contribution is 2.45. The Bertz CT molecular complexity index is 1010. The minimum atomic E-state index is -1.06. The first-order chi connectivity index (χ1) is 14.4. The molecule has 0 aliphatic carbocycles. The number of amides is 3. The van der Waals surface area contributed by atoms with Crippen LogP contribution in [0.1, 0.15) is 18.5 Å². The number of anilines is 1. The van der Waals surface area contributed by atoms with Crippen LogP contribution >= 0.6 is 0 Å². The zero-order chi connectivity index (χ0) is 21.4. The van der Waals surface area contributed by atoms with Crippen molar-refractivity contribution in [3.05, 3.63) is 60.2 Å². The monoisotopic (exact) mass is 409 g/mol. The molecule has 4 rings (SSSR count). The third-order valence-corrected chi connectivity index (χ3v) is 5.00. The number of para-hydroxylation sites is 1. The highest BCUT2D eigenvalue weighted by molar-refractivity contribution is 6.23. The van der Waals surface area contributed by atoms with Crippen LogP contribution in [-0.2, 0) is 24.0 Å². The van der Waals surface area contributed by atoms with E-state index in [1.807, 2.05) is 0 Å². The predicted octanol–water partition coefficient (Wildman–Crippen LogP) is 0.944. The minimum Gasteiger partial charge on any atom is -0.427 e. The SMILES string of the molecule is CC(=O)Oc1ccc(C2C3C(=O)N(c4ccccc4)C(=O)C3ON2CC(N)=O)cc1. The zero-order valence-electron chi connectivity index (χ0n) is 16.1. The van der Waals surface area contributed by atoms with E-state index in [0.29, 0.717) is 17.0 Å². The number of carbonyl (C=O) groups excluding carboxylic acids is 4. The molecule has 0 spiro atoms. The van der Waals surface area contributed by atoms with Crippen molar-refractivity contribution >= 4 is 29.4 Å². The van der Waals surface area contributed by atoms with Crippen LogP contribution in [0.3, 0.4) is 0 Å². The molecule has 0 aromatic heterocycles. The Morgan fingerprint density at radius 2 is 1.70 bits per heavy atom. The van der Waals surface area contributed by atoms with E-state index in [9.17, 15) is 19.2 Å². The Morgan fingerprint density at radius 1 is 1.03 bits per heavy atom. The maximum atomic E-state index is 13.2. The van der Waals surface area contributed by atoms with Crippen molar-refractivity contribution in [1.29, 1.82) is 0 Å². The first kappa shape index (κ1) is 19.7. The van der Waals surface area contributed by atoms with Gasteiger partial charge in [0.25, 0.3) is 5.91 Å². The summed E-state index contributed by atoms with van der Waals surface area (Å²) in [5, 5.41) is 1.27. The number of hydroxylamine groups is 2. The second kappa shape index (κ2) is 7.69. The summed E-state index contributed by atoms with van der Waals surface area (Å²) in [7, 11) is 0. The summed E-state index contributed by atoms with van der Waals surface area (Å²) >= 11 is 0. The number of imide groups is 1.